The van der Waals surface area contributed by atoms with Gasteiger partial charge in [-0.15, -0.1) is 0 Å². The van der Waals surface area contributed by atoms with Crippen LogP contribution in [0.4, 0.5) is 0 Å². The maximum Gasteiger partial charge on any atom is 0.190 e. The van der Waals surface area contributed by atoms with Crippen molar-refractivity contribution in [3.05, 3.63) is 102 Å². The molecule has 2 heterocycles. The zero-order valence-electron chi connectivity index (χ0n) is 13.2. The van der Waals surface area contributed by atoms with Crippen LogP contribution < -0.4 is 0 Å². The van der Waals surface area contributed by atoms with Crippen molar-refractivity contribution in [3.8, 4) is 0 Å². The molecule has 0 saturated carbocycles. The topological polar surface area (TPSA) is 34.5 Å². The Bertz CT molecular complexity index is 816. The zero-order chi connectivity index (χ0) is 16.2. The van der Waals surface area contributed by atoms with E-state index in [1.54, 1.807) is 6.20 Å². The molecule has 2 atom stereocenters. The standard InChI is InChI=1S/C21H18N2O/c1-3-9-16(10-4-1)20-21(17-11-5-2-6-12-17)24-19(23-20)15-18-13-7-8-14-22-18/h1-14,20-21H,15H2/t20-,21+/m1/s1. The Morgan fingerprint density at radius 3 is 2.08 bits per heavy atom. The van der Waals surface area contributed by atoms with E-state index >= 15 is 0 Å². The highest BCUT2D eigenvalue weighted by molar-refractivity contribution is 5.80. The Morgan fingerprint density at radius 1 is 0.750 bits per heavy atom. The Hall–Kier alpha value is -2.94. The second-order valence-electron chi connectivity index (χ2n) is 5.83. The lowest BCUT2D eigenvalue weighted by atomic mass is 9.97. The van der Waals surface area contributed by atoms with Gasteiger partial charge in [-0.3, -0.25) is 4.98 Å². The van der Waals surface area contributed by atoms with Crippen molar-refractivity contribution in [1.29, 1.82) is 0 Å². The van der Waals surface area contributed by atoms with Gasteiger partial charge in [-0.1, -0.05) is 66.7 Å². The number of hydrogen-bond donors (Lipinski definition) is 0. The zero-order valence-corrected chi connectivity index (χ0v) is 13.2. The molecule has 24 heavy (non-hydrogen) atoms. The van der Waals surface area contributed by atoms with E-state index in [1.807, 2.05) is 54.6 Å². The third-order valence-corrected chi connectivity index (χ3v) is 4.16. The van der Waals surface area contributed by atoms with Gasteiger partial charge in [0.1, 0.15) is 6.04 Å². The van der Waals surface area contributed by atoms with E-state index < -0.39 is 0 Å². The summed E-state index contributed by atoms with van der Waals surface area (Å²) in [5.41, 5.74) is 3.28. The molecule has 0 radical (unpaired) electrons. The van der Waals surface area contributed by atoms with Crippen molar-refractivity contribution < 1.29 is 4.74 Å². The first kappa shape index (κ1) is 14.6. The largest absolute Gasteiger partial charge is 0.470 e. The quantitative estimate of drug-likeness (QED) is 0.709. The smallest absolute Gasteiger partial charge is 0.190 e. The molecule has 0 N–H and O–H groups in total. The molecule has 0 unspecified atom stereocenters. The summed E-state index contributed by atoms with van der Waals surface area (Å²) >= 11 is 0. The van der Waals surface area contributed by atoms with Gasteiger partial charge in [0, 0.05) is 11.9 Å². The molecule has 2 aromatic carbocycles. The van der Waals surface area contributed by atoms with Crippen LogP contribution in [-0.4, -0.2) is 10.9 Å². The van der Waals surface area contributed by atoms with Crippen LogP contribution in [0, 0.1) is 0 Å². The Labute approximate surface area is 141 Å². The molecule has 1 aliphatic heterocycles. The molecule has 3 aromatic rings. The fourth-order valence-electron chi connectivity index (χ4n) is 3.00. The predicted octanol–water partition coefficient (Wildman–Crippen LogP) is 4.54. The molecule has 3 heteroatoms. The molecule has 0 fully saturated rings. The van der Waals surface area contributed by atoms with E-state index in [0.717, 1.165) is 17.2 Å². The molecule has 0 aliphatic carbocycles. The van der Waals surface area contributed by atoms with E-state index in [4.69, 9.17) is 9.73 Å². The van der Waals surface area contributed by atoms with Gasteiger partial charge in [-0.2, -0.15) is 0 Å². The average molecular weight is 314 g/mol. The van der Waals surface area contributed by atoms with Crippen molar-refractivity contribution in [1.82, 2.24) is 4.98 Å². The summed E-state index contributed by atoms with van der Waals surface area (Å²) in [6.45, 7) is 0. The van der Waals surface area contributed by atoms with Gasteiger partial charge in [0.15, 0.2) is 12.0 Å². The summed E-state index contributed by atoms with van der Waals surface area (Å²) < 4.78 is 6.23. The minimum Gasteiger partial charge on any atom is -0.470 e. The first-order valence-corrected chi connectivity index (χ1v) is 8.13. The fourth-order valence-corrected chi connectivity index (χ4v) is 3.00. The van der Waals surface area contributed by atoms with E-state index in [-0.39, 0.29) is 12.1 Å². The van der Waals surface area contributed by atoms with Gasteiger partial charge in [0.05, 0.1) is 6.42 Å². The molecular formula is C21H18N2O. The number of hydrogen-bond acceptors (Lipinski definition) is 3. The average Bonchev–Trinajstić information content (AvgIpc) is 3.08. The number of aliphatic imine (C=N–C) groups is 1. The molecule has 0 bridgehead atoms. The molecule has 0 amide bonds. The van der Waals surface area contributed by atoms with Gasteiger partial charge in [0.2, 0.25) is 0 Å². The van der Waals surface area contributed by atoms with Crippen LogP contribution in [0.15, 0.2) is 90.1 Å². The van der Waals surface area contributed by atoms with Crippen LogP contribution in [0.1, 0.15) is 29.0 Å². The molecule has 3 nitrogen and oxygen atoms in total. The minimum atomic E-state index is -0.0905. The summed E-state index contributed by atoms with van der Waals surface area (Å²) in [6, 6.07) is 26.5. The Kier molecular flexibility index (Phi) is 4.07. The lowest BCUT2D eigenvalue weighted by Gasteiger charge is -2.18. The second kappa shape index (κ2) is 6.67. The van der Waals surface area contributed by atoms with Crippen molar-refractivity contribution in [2.45, 2.75) is 18.6 Å². The van der Waals surface area contributed by atoms with Crippen molar-refractivity contribution >= 4 is 5.90 Å². The number of aromatic nitrogens is 1. The number of rotatable bonds is 4. The molecule has 1 aliphatic rings. The van der Waals surface area contributed by atoms with Crippen molar-refractivity contribution in [3.63, 3.8) is 0 Å². The molecule has 0 spiro atoms. The van der Waals surface area contributed by atoms with Crippen LogP contribution >= 0.6 is 0 Å². The summed E-state index contributed by atoms with van der Waals surface area (Å²) in [6.07, 6.45) is 2.33. The molecular weight excluding hydrogens is 296 g/mol. The fraction of sp³-hybridized carbons (Fsp3) is 0.143. The highest BCUT2D eigenvalue weighted by Crippen LogP contribution is 2.40. The molecule has 118 valence electrons. The first-order valence-electron chi connectivity index (χ1n) is 8.13. The molecule has 1 aromatic heterocycles. The van der Waals surface area contributed by atoms with Crippen LogP contribution in [0.3, 0.4) is 0 Å². The minimum absolute atomic E-state index is 0.0210. The highest BCUT2D eigenvalue weighted by atomic mass is 16.5. The van der Waals surface area contributed by atoms with E-state index in [1.165, 1.54) is 5.56 Å². The summed E-state index contributed by atoms with van der Waals surface area (Å²) in [4.78, 5) is 9.24. The lowest BCUT2D eigenvalue weighted by Crippen LogP contribution is -2.10. The normalized spacial score (nSPS) is 19.6. The van der Waals surface area contributed by atoms with Gasteiger partial charge < -0.3 is 4.74 Å². The maximum atomic E-state index is 6.23. The number of nitrogens with zero attached hydrogens (tertiary/aromatic N) is 2. The van der Waals surface area contributed by atoms with Gasteiger partial charge >= 0.3 is 0 Å². The number of ether oxygens (including phenoxy) is 1. The summed E-state index contributed by atoms with van der Waals surface area (Å²) in [7, 11) is 0. The van der Waals surface area contributed by atoms with Crippen LogP contribution in [0.2, 0.25) is 0 Å². The highest BCUT2D eigenvalue weighted by Gasteiger charge is 2.33. The third-order valence-electron chi connectivity index (χ3n) is 4.16. The second-order valence-corrected chi connectivity index (χ2v) is 5.83. The summed E-state index contributed by atoms with van der Waals surface area (Å²) in [5, 5.41) is 0. The first-order chi connectivity index (χ1) is 11.9. The van der Waals surface area contributed by atoms with E-state index in [0.29, 0.717) is 6.42 Å². The molecule has 4 rings (SSSR count). The SMILES string of the molecule is c1ccc([C@H]2N=C(Cc3ccccn3)O[C@H]2c2ccccc2)cc1. The lowest BCUT2D eigenvalue weighted by molar-refractivity contribution is 0.193. The van der Waals surface area contributed by atoms with Crippen LogP contribution in [-0.2, 0) is 11.2 Å². The van der Waals surface area contributed by atoms with Gasteiger partial charge in [-0.25, -0.2) is 4.99 Å². The Balaban J connectivity index is 1.65. The predicted molar refractivity (Wildman–Crippen MR) is 94.8 cm³/mol. The molecule has 0 saturated heterocycles. The van der Waals surface area contributed by atoms with Gasteiger partial charge in [0.25, 0.3) is 0 Å². The Morgan fingerprint density at radius 2 is 1.42 bits per heavy atom. The monoisotopic (exact) mass is 314 g/mol. The maximum absolute atomic E-state index is 6.23. The van der Waals surface area contributed by atoms with E-state index in [2.05, 4.69) is 29.2 Å². The third kappa shape index (κ3) is 3.06. The van der Waals surface area contributed by atoms with Crippen molar-refractivity contribution in [2.24, 2.45) is 4.99 Å². The summed E-state index contributed by atoms with van der Waals surface area (Å²) in [5.74, 6) is 0.747. The van der Waals surface area contributed by atoms with Crippen molar-refractivity contribution in [2.75, 3.05) is 0 Å². The van der Waals surface area contributed by atoms with Crippen LogP contribution in [0.25, 0.3) is 0 Å². The van der Waals surface area contributed by atoms with E-state index in [9.17, 15) is 0 Å². The van der Waals surface area contributed by atoms with Crippen LogP contribution in [0.5, 0.6) is 0 Å². The van der Waals surface area contributed by atoms with Gasteiger partial charge in [-0.05, 0) is 23.3 Å². The number of pyridine rings is 1. The number of benzene rings is 2.